The van der Waals surface area contributed by atoms with Gasteiger partial charge in [-0.2, -0.15) is 5.10 Å². The highest BCUT2D eigenvalue weighted by Crippen LogP contribution is 2.08. The number of amides is 2. The van der Waals surface area contributed by atoms with E-state index in [9.17, 15) is 9.59 Å². The van der Waals surface area contributed by atoms with Crippen molar-refractivity contribution in [3.8, 4) is 0 Å². The molecule has 0 bridgehead atoms. The van der Waals surface area contributed by atoms with Crippen molar-refractivity contribution in [2.45, 2.75) is 52.2 Å². The maximum atomic E-state index is 11.6. The lowest BCUT2D eigenvalue weighted by atomic mass is 10.1. The van der Waals surface area contributed by atoms with Crippen LogP contribution in [0.2, 0.25) is 0 Å². The predicted molar refractivity (Wildman–Crippen MR) is 70.3 cm³/mol. The summed E-state index contributed by atoms with van der Waals surface area (Å²) >= 11 is 0. The third kappa shape index (κ3) is 3.20. The SMILES string of the molecule is CCc1cc(CNC2CCC(=O)NC2=O)n(CC)n1. The van der Waals surface area contributed by atoms with Crippen molar-refractivity contribution in [1.82, 2.24) is 20.4 Å². The molecule has 19 heavy (non-hydrogen) atoms. The van der Waals surface area contributed by atoms with E-state index in [4.69, 9.17) is 0 Å². The third-order valence-electron chi connectivity index (χ3n) is 3.34. The van der Waals surface area contributed by atoms with Gasteiger partial charge in [0, 0.05) is 19.5 Å². The number of hydrogen-bond acceptors (Lipinski definition) is 4. The molecule has 1 aliphatic rings. The summed E-state index contributed by atoms with van der Waals surface area (Å²) in [5.41, 5.74) is 2.13. The minimum absolute atomic E-state index is 0.185. The Hall–Kier alpha value is -1.69. The number of nitrogens with one attached hydrogen (secondary N) is 2. The molecular formula is C13H20N4O2. The lowest BCUT2D eigenvalue weighted by molar-refractivity contribution is -0.134. The van der Waals surface area contributed by atoms with Crippen molar-refractivity contribution >= 4 is 11.8 Å². The van der Waals surface area contributed by atoms with E-state index in [1.807, 2.05) is 11.6 Å². The van der Waals surface area contributed by atoms with E-state index in [0.717, 1.165) is 24.4 Å². The van der Waals surface area contributed by atoms with Crippen LogP contribution in [0.4, 0.5) is 0 Å². The van der Waals surface area contributed by atoms with Crippen LogP contribution >= 0.6 is 0 Å². The molecule has 0 saturated carbocycles. The molecule has 2 amide bonds. The molecule has 0 radical (unpaired) electrons. The molecule has 6 nitrogen and oxygen atoms in total. The van der Waals surface area contributed by atoms with Crippen LogP contribution in [0.15, 0.2) is 6.07 Å². The standard InChI is InChI=1S/C13H20N4O2/c1-3-9-7-10(17(4-2)16-9)8-14-11-5-6-12(18)15-13(11)19/h7,11,14H,3-6,8H2,1-2H3,(H,15,18,19). The Morgan fingerprint density at radius 2 is 2.26 bits per heavy atom. The summed E-state index contributed by atoms with van der Waals surface area (Å²) in [6, 6.07) is 1.77. The Bertz CT molecular complexity index is 481. The summed E-state index contributed by atoms with van der Waals surface area (Å²) in [6.07, 6.45) is 1.86. The zero-order valence-corrected chi connectivity index (χ0v) is 11.4. The molecule has 1 aliphatic heterocycles. The number of aromatic nitrogens is 2. The van der Waals surface area contributed by atoms with Crippen molar-refractivity contribution in [3.05, 3.63) is 17.5 Å². The molecule has 0 aromatic carbocycles. The van der Waals surface area contributed by atoms with Gasteiger partial charge in [-0.15, -0.1) is 0 Å². The monoisotopic (exact) mass is 264 g/mol. The fourth-order valence-electron chi connectivity index (χ4n) is 2.22. The summed E-state index contributed by atoms with van der Waals surface area (Å²) in [7, 11) is 0. The van der Waals surface area contributed by atoms with E-state index in [1.54, 1.807) is 0 Å². The number of imide groups is 1. The van der Waals surface area contributed by atoms with E-state index >= 15 is 0 Å². The Kier molecular flexibility index (Phi) is 4.31. The number of nitrogens with zero attached hydrogens (tertiary/aromatic N) is 2. The van der Waals surface area contributed by atoms with Gasteiger partial charge in [0.1, 0.15) is 0 Å². The van der Waals surface area contributed by atoms with Crippen molar-refractivity contribution < 1.29 is 9.59 Å². The molecule has 1 saturated heterocycles. The fourth-order valence-corrected chi connectivity index (χ4v) is 2.22. The van der Waals surface area contributed by atoms with Gasteiger partial charge in [0.2, 0.25) is 11.8 Å². The molecule has 2 rings (SSSR count). The second kappa shape index (κ2) is 5.97. The lowest BCUT2D eigenvalue weighted by Crippen LogP contribution is -2.50. The molecule has 2 N–H and O–H groups in total. The van der Waals surface area contributed by atoms with Gasteiger partial charge in [0.25, 0.3) is 0 Å². The predicted octanol–water partition coefficient (Wildman–Crippen LogP) is 0.360. The first-order valence-electron chi connectivity index (χ1n) is 6.76. The molecule has 0 spiro atoms. The van der Waals surface area contributed by atoms with Gasteiger partial charge >= 0.3 is 0 Å². The maximum absolute atomic E-state index is 11.6. The quantitative estimate of drug-likeness (QED) is 0.753. The van der Waals surface area contributed by atoms with E-state index in [2.05, 4.69) is 28.7 Å². The van der Waals surface area contributed by atoms with Crippen LogP contribution in [0.25, 0.3) is 0 Å². The number of rotatable bonds is 5. The van der Waals surface area contributed by atoms with E-state index in [0.29, 0.717) is 19.4 Å². The first kappa shape index (κ1) is 13.7. The van der Waals surface area contributed by atoms with Crippen molar-refractivity contribution in [2.75, 3.05) is 0 Å². The van der Waals surface area contributed by atoms with Gasteiger partial charge in [-0.25, -0.2) is 0 Å². The van der Waals surface area contributed by atoms with Crippen molar-refractivity contribution in [1.29, 1.82) is 0 Å². The second-order valence-electron chi connectivity index (χ2n) is 4.68. The smallest absolute Gasteiger partial charge is 0.243 e. The van der Waals surface area contributed by atoms with Gasteiger partial charge in [0.15, 0.2) is 0 Å². The zero-order chi connectivity index (χ0) is 13.8. The lowest BCUT2D eigenvalue weighted by Gasteiger charge is -2.21. The number of carbonyl (C=O) groups is 2. The van der Waals surface area contributed by atoms with Crippen LogP contribution < -0.4 is 10.6 Å². The highest BCUT2D eigenvalue weighted by atomic mass is 16.2. The molecule has 1 atom stereocenters. The highest BCUT2D eigenvalue weighted by molar-refractivity contribution is 6.00. The highest BCUT2D eigenvalue weighted by Gasteiger charge is 2.26. The Labute approximate surface area is 112 Å². The summed E-state index contributed by atoms with van der Waals surface area (Å²) < 4.78 is 1.94. The van der Waals surface area contributed by atoms with Crippen molar-refractivity contribution in [3.63, 3.8) is 0 Å². The fraction of sp³-hybridized carbons (Fsp3) is 0.615. The minimum atomic E-state index is -0.289. The van der Waals surface area contributed by atoms with Gasteiger partial charge < -0.3 is 5.32 Å². The normalized spacial score (nSPS) is 19.6. The van der Waals surface area contributed by atoms with Gasteiger partial charge in [-0.05, 0) is 25.8 Å². The number of aryl methyl sites for hydroxylation is 2. The molecule has 104 valence electrons. The Balaban J connectivity index is 1.96. The maximum Gasteiger partial charge on any atom is 0.243 e. The molecule has 2 heterocycles. The molecule has 1 unspecified atom stereocenters. The van der Waals surface area contributed by atoms with Gasteiger partial charge in [-0.3, -0.25) is 19.6 Å². The summed E-state index contributed by atoms with van der Waals surface area (Å²) in [5.74, 6) is -0.413. The van der Waals surface area contributed by atoms with Crippen LogP contribution in [-0.4, -0.2) is 27.6 Å². The molecule has 0 aliphatic carbocycles. The van der Waals surface area contributed by atoms with Crippen molar-refractivity contribution in [2.24, 2.45) is 0 Å². The average molecular weight is 264 g/mol. The largest absolute Gasteiger partial charge is 0.300 e. The van der Waals surface area contributed by atoms with Crippen LogP contribution in [0.3, 0.4) is 0 Å². The summed E-state index contributed by atoms with van der Waals surface area (Å²) in [4.78, 5) is 22.7. The van der Waals surface area contributed by atoms with Crippen LogP contribution in [0.5, 0.6) is 0 Å². The summed E-state index contributed by atoms with van der Waals surface area (Å²) in [6.45, 7) is 5.52. The topological polar surface area (TPSA) is 76.0 Å². The molecular weight excluding hydrogens is 244 g/mol. The Morgan fingerprint density at radius 1 is 1.47 bits per heavy atom. The van der Waals surface area contributed by atoms with Crippen LogP contribution in [-0.2, 0) is 29.1 Å². The average Bonchev–Trinajstić information content (AvgIpc) is 2.80. The Morgan fingerprint density at radius 3 is 2.89 bits per heavy atom. The molecule has 1 aromatic rings. The van der Waals surface area contributed by atoms with Gasteiger partial charge in [0.05, 0.1) is 17.4 Å². The number of hydrogen-bond donors (Lipinski definition) is 2. The molecule has 6 heteroatoms. The first-order valence-corrected chi connectivity index (χ1v) is 6.76. The number of carbonyl (C=O) groups excluding carboxylic acids is 2. The van der Waals surface area contributed by atoms with E-state index in [-0.39, 0.29) is 17.9 Å². The van der Waals surface area contributed by atoms with E-state index in [1.165, 1.54) is 0 Å². The molecule has 1 fully saturated rings. The first-order chi connectivity index (χ1) is 9.13. The van der Waals surface area contributed by atoms with Crippen LogP contribution in [0, 0.1) is 0 Å². The van der Waals surface area contributed by atoms with E-state index < -0.39 is 0 Å². The minimum Gasteiger partial charge on any atom is -0.300 e. The van der Waals surface area contributed by atoms with Crippen LogP contribution in [0.1, 0.15) is 38.1 Å². The zero-order valence-electron chi connectivity index (χ0n) is 11.4. The second-order valence-corrected chi connectivity index (χ2v) is 4.68. The molecule has 1 aromatic heterocycles. The van der Waals surface area contributed by atoms with Gasteiger partial charge in [-0.1, -0.05) is 6.92 Å². The summed E-state index contributed by atoms with van der Waals surface area (Å²) in [5, 5.41) is 10.0. The third-order valence-corrected chi connectivity index (χ3v) is 3.34. The number of piperidine rings is 1.